The number of amides is 1. The van der Waals surface area contributed by atoms with Gasteiger partial charge < -0.3 is 4.90 Å². The van der Waals surface area contributed by atoms with Crippen molar-refractivity contribution >= 4 is 21.6 Å². The van der Waals surface area contributed by atoms with E-state index in [1.807, 2.05) is 0 Å². The van der Waals surface area contributed by atoms with Crippen molar-refractivity contribution in [2.24, 2.45) is 0 Å². The number of hydrogen-bond donors (Lipinski definition) is 0. The van der Waals surface area contributed by atoms with Crippen LogP contribution in [-0.4, -0.2) is 69.0 Å². The number of aromatic nitrogens is 3. The van der Waals surface area contributed by atoms with E-state index in [2.05, 4.69) is 5.10 Å². The summed E-state index contributed by atoms with van der Waals surface area (Å²) in [4.78, 5) is 36.9. The van der Waals surface area contributed by atoms with E-state index in [9.17, 15) is 28.1 Å². The molecule has 1 aromatic carbocycles. The minimum atomic E-state index is -3.92. The number of carbonyl (C=O) groups is 1. The van der Waals surface area contributed by atoms with Crippen molar-refractivity contribution in [2.75, 3.05) is 26.2 Å². The van der Waals surface area contributed by atoms with Gasteiger partial charge in [0.15, 0.2) is 0 Å². The lowest BCUT2D eigenvalue weighted by atomic mass is 10.2. The Labute approximate surface area is 184 Å². The fourth-order valence-electron chi connectivity index (χ4n) is 4.04. The number of aryl methyl sites for hydroxylation is 1. The van der Waals surface area contributed by atoms with Gasteiger partial charge in [-0.05, 0) is 18.9 Å². The van der Waals surface area contributed by atoms with Gasteiger partial charge in [-0.1, -0.05) is 12.5 Å². The lowest BCUT2D eigenvalue weighted by Crippen LogP contribution is -2.51. The molecule has 2 aliphatic heterocycles. The highest BCUT2D eigenvalue weighted by atomic mass is 32.2. The molecule has 0 unspecified atom stereocenters. The van der Waals surface area contributed by atoms with Gasteiger partial charge in [0.2, 0.25) is 15.9 Å². The highest BCUT2D eigenvalue weighted by Crippen LogP contribution is 2.22. The number of hydrogen-bond acceptors (Lipinski definition) is 7. The quantitative estimate of drug-likeness (QED) is 0.455. The van der Waals surface area contributed by atoms with Gasteiger partial charge >= 0.3 is 5.69 Å². The maximum absolute atomic E-state index is 12.9. The molecule has 0 bridgehead atoms. The van der Waals surface area contributed by atoms with E-state index in [4.69, 9.17) is 0 Å². The monoisotopic (exact) mass is 464 g/mol. The molecule has 13 heteroatoms. The Hall–Kier alpha value is -3.06. The number of sulfonamides is 1. The average molecular weight is 465 g/mol. The van der Waals surface area contributed by atoms with Crippen LogP contribution in [0, 0.1) is 10.1 Å². The van der Waals surface area contributed by atoms with E-state index < -0.39 is 14.9 Å². The first kappa shape index (κ1) is 22.1. The normalized spacial score (nSPS) is 17.6. The van der Waals surface area contributed by atoms with Crippen LogP contribution < -0.4 is 5.69 Å². The lowest BCUT2D eigenvalue weighted by Gasteiger charge is -2.33. The van der Waals surface area contributed by atoms with Crippen LogP contribution in [0.4, 0.5) is 5.69 Å². The van der Waals surface area contributed by atoms with Gasteiger partial charge in [0, 0.05) is 51.3 Å². The molecule has 4 rings (SSSR count). The Bertz CT molecular complexity index is 1200. The number of non-ortho nitro benzene ring substituents is 1. The molecule has 0 atom stereocenters. The third-order valence-corrected chi connectivity index (χ3v) is 7.72. The van der Waals surface area contributed by atoms with Crippen molar-refractivity contribution in [3.8, 4) is 0 Å². The number of fused-ring (bicyclic) bond motifs is 1. The molecule has 172 valence electrons. The molecule has 12 nitrogen and oxygen atoms in total. The van der Waals surface area contributed by atoms with E-state index in [0.717, 1.165) is 25.3 Å². The predicted octanol–water partition coefficient (Wildman–Crippen LogP) is 0.213. The van der Waals surface area contributed by atoms with Crippen molar-refractivity contribution in [3.05, 3.63) is 50.7 Å². The number of nitro benzene ring substituents is 1. The van der Waals surface area contributed by atoms with E-state index >= 15 is 0 Å². The van der Waals surface area contributed by atoms with Gasteiger partial charge in [-0.3, -0.25) is 19.5 Å². The molecule has 1 aromatic heterocycles. The van der Waals surface area contributed by atoms with Crippen LogP contribution in [0.25, 0.3) is 0 Å². The maximum Gasteiger partial charge on any atom is 0.346 e. The van der Waals surface area contributed by atoms with Crippen LogP contribution in [0.15, 0.2) is 34.0 Å². The summed E-state index contributed by atoms with van der Waals surface area (Å²) in [6, 6.07) is 4.90. The minimum absolute atomic E-state index is 0.0609. The molecule has 1 fully saturated rings. The first-order chi connectivity index (χ1) is 15.3. The summed E-state index contributed by atoms with van der Waals surface area (Å²) < 4.78 is 29.7. The van der Waals surface area contributed by atoms with Gasteiger partial charge in [0.25, 0.3) is 5.69 Å². The van der Waals surface area contributed by atoms with Crippen LogP contribution in [0.5, 0.6) is 0 Å². The molecule has 1 amide bonds. The minimum Gasteiger partial charge on any atom is -0.338 e. The molecule has 1 saturated heterocycles. The predicted molar refractivity (Wildman–Crippen MR) is 112 cm³/mol. The standard InChI is InChI=1S/C19H24N6O6S/c26-18(14-24-19(27)23-8-3-1-2-7-17(23)20-24)21-9-11-22(12-10-21)32(30,31)16-6-4-5-15(13-16)25(28)29/h4-6,13H,1-3,7-12,14H2. The fourth-order valence-corrected chi connectivity index (χ4v) is 5.50. The van der Waals surface area contributed by atoms with E-state index in [0.29, 0.717) is 18.8 Å². The number of benzene rings is 1. The van der Waals surface area contributed by atoms with Crippen LogP contribution >= 0.6 is 0 Å². The number of nitrogens with zero attached hydrogens (tertiary/aromatic N) is 6. The summed E-state index contributed by atoms with van der Waals surface area (Å²) >= 11 is 0. The molecule has 0 saturated carbocycles. The summed E-state index contributed by atoms with van der Waals surface area (Å²) in [5.74, 6) is 0.404. The van der Waals surface area contributed by atoms with E-state index in [1.54, 1.807) is 4.57 Å². The smallest absolute Gasteiger partial charge is 0.338 e. The van der Waals surface area contributed by atoms with Crippen LogP contribution in [-0.2, 0) is 34.3 Å². The molecule has 3 heterocycles. The zero-order valence-corrected chi connectivity index (χ0v) is 18.2. The van der Waals surface area contributed by atoms with Gasteiger partial charge in [-0.15, -0.1) is 0 Å². The number of rotatable bonds is 5. The lowest BCUT2D eigenvalue weighted by molar-refractivity contribution is -0.385. The molecule has 2 aliphatic rings. The zero-order valence-electron chi connectivity index (χ0n) is 17.4. The number of piperazine rings is 1. The topological polar surface area (TPSA) is 141 Å². The summed E-state index contributed by atoms with van der Waals surface area (Å²) in [5, 5.41) is 15.3. The summed E-state index contributed by atoms with van der Waals surface area (Å²) in [5.41, 5.74) is -0.592. The second-order valence-electron chi connectivity index (χ2n) is 7.86. The zero-order chi connectivity index (χ0) is 22.9. The molecule has 32 heavy (non-hydrogen) atoms. The van der Waals surface area contributed by atoms with Gasteiger partial charge in [0.1, 0.15) is 12.4 Å². The first-order valence-electron chi connectivity index (χ1n) is 10.5. The Kier molecular flexibility index (Phi) is 6.11. The Morgan fingerprint density at radius 2 is 1.84 bits per heavy atom. The van der Waals surface area contributed by atoms with Crippen LogP contribution in [0.2, 0.25) is 0 Å². The molecule has 0 spiro atoms. The SMILES string of the molecule is O=C(Cn1nc2n(c1=O)CCCCC2)N1CCN(S(=O)(=O)c2cccc([N+](=O)[O-])c2)CC1. The number of nitro groups is 1. The van der Waals surface area contributed by atoms with Gasteiger partial charge in [0.05, 0.1) is 9.82 Å². The summed E-state index contributed by atoms with van der Waals surface area (Å²) in [6.07, 6.45) is 3.63. The summed E-state index contributed by atoms with van der Waals surface area (Å²) in [6.45, 7) is 0.869. The molecule has 0 N–H and O–H groups in total. The van der Waals surface area contributed by atoms with E-state index in [1.165, 1.54) is 32.1 Å². The highest BCUT2D eigenvalue weighted by Gasteiger charge is 2.31. The van der Waals surface area contributed by atoms with Crippen molar-refractivity contribution in [3.63, 3.8) is 0 Å². The van der Waals surface area contributed by atoms with Crippen molar-refractivity contribution in [1.82, 2.24) is 23.6 Å². The third-order valence-electron chi connectivity index (χ3n) is 5.82. The van der Waals surface area contributed by atoms with Crippen LogP contribution in [0.3, 0.4) is 0 Å². The van der Waals surface area contributed by atoms with Crippen molar-refractivity contribution in [1.29, 1.82) is 0 Å². The van der Waals surface area contributed by atoms with Crippen molar-refractivity contribution in [2.45, 2.75) is 43.7 Å². The first-order valence-corrected chi connectivity index (χ1v) is 11.9. The largest absolute Gasteiger partial charge is 0.346 e. The third kappa shape index (κ3) is 4.30. The number of carbonyl (C=O) groups excluding carboxylic acids is 1. The molecule has 2 aromatic rings. The van der Waals surface area contributed by atoms with Crippen molar-refractivity contribution < 1.29 is 18.1 Å². The summed E-state index contributed by atoms with van der Waals surface area (Å²) in [7, 11) is -3.92. The average Bonchev–Trinajstić information content (AvgIpc) is 2.94. The molecular formula is C19H24N6O6S. The second-order valence-corrected chi connectivity index (χ2v) is 9.80. The molecular weight excluding hydrogens is 440 g/mol. The fraction of sp³-hybridized carbons (Fsp3) is 0.526. The van der Waals surface area contributed by atoms with Gasteiger partial charge in [-0.25, -0.2) is 17.9 Å². The second kappa shape index (κ2) is 8.82. The maximum atomic E-state index is 12.9. The Morgan fingerprint density at radius 1 is 1.09 bits per heavy atom. The van der Waals surface area contributed by atoms with Crippen LogP contribution in [0.1, 0.15) is 25.1 Å². The Morgan fingerprint density at radius 3 is 2.56 bits per heavy atom. The molecule has 0 aliphatic carbocycles. The van der Waals surface area contributed by atoms with E-state index in [-0.39, 0.29) is 54.9 Å². The van der Waals surface area contributed by atoms with Gasteiger partial charge in [-0.2, -0.15) is 9.40 Å². The Balaban J connectivity index is 1.40. The highest BCUT2D eigenvalue weighted by molar-refractivity contribution is 7.89. The molecule has 0 radical (unpaired) electrons.